The lowest BCUT2D eigenvalue weighted by molar-refractivity contribution is -0.116. The topological polar surface area (TPSA) is 52.7 Å². The summed E-state index contributed by atoms with van der Waals surface area (Å²) in [5.74, 6) is 0.174. The smallest absolute Gasteiger partial charge is 0.256 e. The van der Waals surface area contributed by atoms with Crippen molar-refractivity contribution in [2.45, 2.75) is 38.1 Å². The third-order valence-electron chi connectivity index (χ3n) is 6.09. The van der Waals surface area contributed by atoms with Gasteiger partial charge in [0.05, 0.1) is 11.3 Å². The minimum atomic E-state index is -0.175. The number of nitrogens with one attached hydrogen (secondary N) is 1. The highest BCUT2D eigenvalue weighted by Crippen LogP contribution is 2.30. The Morgan fingerprint density at radius 3 is 2.44 bits per heavy atom. The summed E-state index contributed by atoms with van der Waals surface area (Å²) in [7, 11) is 0. The zero-order valence-electron chi connectivity index (χ0n) is 20.0. The molecule has 3 aromatic rings. The Balaban J connectivity index is 1.41. The zero-order chi connectivity index (χ0) is 24.1. The fourth-order valence-corrected chi connectivity index (χ4v) is 5.30. The molecule has 0 unspecified atom stereocenters. The van der Waals surface area contributed by atoms with Crippen LogP contribution in [0.1, 0.15) is 36.7 Å². The molecule has 34 heavy (non-hydrogen) atoms. The highest BCUT2D eigenvalue weighted by atomic mass is 32.2. The van der Waals surface area contributed by atoms with Crippen molar-refractivity contribution in [1.29, 1.82) is 0 Å². The van der Waals surface area contributed by atoms with E-state index < -0.39 is 0 Å². The van der Waals surface area contributed by atoms with Crippen molar-refractivity contribution < 1.29 is 9.59 Å². The maximum absolute atomic E-state index is 13.1. The molecular formula is C28H31N3O2S. The molecule has 3 aromatic carbocycles. The van der Waals surface area contributed by atoms with Gasteiger partial charge in [-0.05, 0) is 75.2 Å². The molecule has 1 N–H and O–H groups in total. The van der Waals surface area contributed by atoms with Gasteiger partial charge < -0.3 is 15.1 Å². The predicted molar refractivity (Wildman–Crippen MR) is 142 cm³/mol. The second-order valence-corrected chi connectivity index (χ2v) is 9.61. The summed E-state index contributed by atoms with van der Waals surface area (Å²) in [4.78, 5) is 30.9. The van der Waals surface area contributed by atoms with Crippen LogP contribution in [0.2, 0.25) is 0 Å². The van der Waals surface area contributed by atoms with Gasteiger partial charge in [0.25, 0.3) is 5.91 Å². The fourth-order valence-electron chi connectivity index (χ4n) is 4.38. The summed E-state index contributed by atoms with van der Waals surface area (Å²) in [5, 5.41) is 3.00. The summed E-state index contributed by atoms with van der Waals surface area (Å²) >= 11 is 1.41. The molecule has 6 heteroatoms. The highest BCUT2D eigenvalue weighted by molar-refractivity contribution is 8.00. The second kappa shape index (κ2) is 10.8. The highest BCUT2D eigenvalue weighted by Gasteiger charge is 2.24. The van der Waals surface area contributed by atoms with Crippen molar-refractivity contribution in [2.75, 3.05) is 34.0 Å². The van der Waals surface area contributed by atoms with Crippen molar-refractivity contribution in [2.24, 2.45) is 0 Å². The van der Waals surface area contributed by atoms with Gasteiger partial charge in [-0.2, -0.15) is 0 Å². The molecule has 0 radical (unpaired) electrons. The molecule has 5 nitrogen and oxygen atoms in total. The number of para-hydroxylation sites is 1. The van der Waals surface area contributed by atoms with E-state index >= 15 is 0 Å². The van der Waals surface area contributed by atoms with Gasteiger partial charge in [0, 0.05) is 41.1 Å². The number of carbonyl (C=O) groups is 2. The Bertz CT molecular complexity index is 1160. The van der Waals surface area contributed by atoms with E-state index in [0.717, 1.165) is 34.9 Å². The minimum absolute atomic E-state index is 0.0615. The van der Waals surface area contributed by atoms with Gasteiger partial charge in [0.2, 0.25) is 5.91 Å². The Morgan fingerprint density at radius 1 is 1.00 bits per heavy atom. The van der Waals surface area contributed by atoms with Crippen LogP contribution in [0.3, 0.4) is 0 Å². The number of amides is 2. The summed E-state index contributed by atoms with van der Waals surface area (Å²) < 4.78 is 0. The molecule has 1 aliphatic heterocycles. The number of benzene rings is 3. The first-order chi connectivity index (χ1) is 16.5. The van der Waals surface area contributed by atoms with E-state index in [4.69, 9.17) is 0 Å². The van der Waals surface area contributed by atoms with Crippen LogP contribution in [0.4, 0.5) is 17.1 Å². The van der Waals surface area contributed by atoms with Crippen molar-refractivity contribution >= 4 is 40.6 Å². The monoisotopic (exact) mass is 473 g/mol. The molecule has 0 fully saturated rings. The third kappa shape index (κ3) is 5.28. The molecule has 0 bridgehead atoms. The molecule has 0 atom stereocenters. The normalized spacial score (nSPS) is 12.5. The van der Waals surface area contributed by atoms with E-state index in [-0.39, 0.29) is 17.6 Å². The lowest BCUT2D eigenvalue weighted by Gasteiger charge is -2.27. The van der Waals surface area contributed by atoms with Crippen molar-refractivity contribution in [3.63, 3.8) is 0 Å². The fraction of sp³-hybridized carbons (Fsp3) is 0.286. The molecule has 0 aliphatic carbocycles. The third-order valence-corrected chi connectivity index (χ3v) is 7.15. The number of nitrogens with zero attached hydrogens (tertiary/aromatic N) is 2. The average Bonchev–Trinajstić information content (AvgIpc) is 3.28. The van der Waals surface area contributed by atoms with Gasteiger partial charge in [0.1, 0.15) is 0 Å². The minimum Gasteiger partial charge on any atom is -0.369 e. The first kappa shape index (κ1) is 23.9. The van der Waals surface area contributed by atoms with Gasteiger partial charge in [-0.3, -0.25) is 9.59 Å². The van der Waals surface area contributed by atoms with Crippen LogP contribution in [0.25, 0.3) is 0 Å². The second-order valence-electron chi connectivity index (χ2n) is 8.59. The Hall–Kier alpha value is -3.25. The van der Waals surface area contributed by atoms with Gasteiger partial charge in [0.15, 0.2) is 0 Å². The molecule has 4 rings (SSSR count). The van der Waals surface area contributed by atoms with E-state index in [1.54, 1.807) is 6.07 Å². The number of hydrogen-bond acceptors (Lipinski definition) is 4. The van der Waals surface area contributed by atoms with Gasteiger partial charge in [-0.25, -0.2) is 0 Å². The molecule has 1 heterocycles. The molecule has 0 spiro atoms. The van der Waals surface area contributed by atoms with Crippen LogP contribution in [0.5, 0.6) is 0 Å². The molecule has 2 amide bonds. The first-order valence-corrected chi connectivity index (χ1v) is 12.7. The number of rotatable bonds is 8. The molecule has 176 valence electrons. The maximum Gasteiger partial charge on any atom is 0.256 e. The van der Waals surface area contributed by atoms with E-state index in [0.29, 0.717) is 18.2 Å². The van der Waals surface area contributed by atoms with Crippen LogP contribution in [-0.2, 0) is 11.2 Å². The van der Waals surface area contributed by atoms with E-state index in [1.165, 1.54) is 17.3 Å². The molecule has 0 aromatic heterocycles. The van der Waals surface area contributed by atoms with E-state index in [9.17, 15) is 9.59 Å². The van der Waals surface area contributed by atoms with Crippen molar-refractivity contribution in [3.05, 3.63) is 83.9 Å². The Labute approximate surface area is 206 Å². The summed E-state index contributed by atoms with van der Waals surface area (Å²) in [6.45, 7) is 8.11. The van der Waals surface area contributed by atoms with Crippen LogP contribution in [-0.4, -0.2) is 36.7 Å². The predicted octanol–water partition coefficient (Wildman–Crippen LogP) is 5.86. The number of hydrogen-bond donors (Lipinski definition) is 1. The van der Waals surface area contributed by atoms with Crippen LogP contribution < -0.4 is 15.1 Å². The first-order valence-electron chi connectivity index (χ1n) is 11.8. The Kier molecular flexibility index (Phi) is 7.58. The standard InChI is InChI=1S/C28H31N3O2S/c1-4-30(20(2)3)23-15-13-22(14-16-23)29-28(33)24-10-6-8-12-26(24)34-19-27(32)31-18-17-21-9-5-7-11-25(21)31/h5-16,20H,4,17-19H2,1-3H3,(H,29,33). The van der Waals surface area contributed by atoms with Gasteiger partial charge >= 0.3 is 0 Å². The molecule has 1 aliphatic rings. The van der Waals surface area contributed by atoms with Crippen LogP contribution >= 0.6 is 11.8 Å². The zero-order valence-corrected chi connectivity index (χ0v) is 20.8. The summed E-state index contributed by atoms with van der Waals surface area (Å²) in [6, 6.07) is 23.8. The average molecular weight is 474 g/mol. The quantitative estimate of drug-likeness (QED) is 0.417. The van der Waals surface area contributed by atoms with Crippen molar-refractivity contribution in [3.8, 4) is 0 Å². The summed E-state index contributed by atoms with van der Waals surface area (Å²) in [5.41, 5.74) is 4.67. The number of thioether (sulfide) groups is 1. The van der Waals surface area contributed by atoms with E-state index in [2.05, 4.69) is 37.1 Å². The van der Waals surface area contributed by atoms with Gasteiger partial charge in [-0.1, -0.05) is 30.3 Å². The van der Waals surface area contributed by atoms with Crippen molar-refractivity contribution in [1.82, 2.24) is 0 Å². The number of fused-ring (bicyclic) bond motifs is 1. The summed E-state index contributed by atoms with van der Waals surface area (Å²) in [6.07, 6.45) is 0.886. The Morgan fingerprint density at radius 2 is 1.71 bits per heavy atom. The van der Waals surface area contributed by atoms with E-state index in [1.807, 2.05) is 65.6 Å². The van der Waals surface area contributed by atoms with Crippen LogP contribution in [0, 0.1) is 0 Å². The SMILES string of the molecule is CCN(c1ccc(NC(=O)c2ccccc2SCC(=O)N2CCc3ccccc32)cc1)C(C)C. The largest absolute Gasteiger partial charge is 0.369 e. The molecule has 0 saturated heterocycles. The lowest BCUT2D eigenvalue weighted by atomic mass is 10.2. The molecular weight excluding hydrogens is 442 g/mol. The van der Waals surface area contributed by atoms with Gasteiger partial charge in [-0.15, -0.1) is 11.8 Å². The molecule has 0 saturated carbocycles. The lowest BCUT2D eigenvalue weighted by Crippen LogP contribution is -2.30. The maximum atomic E-state index is 13.1. The number of anilines is 3. The van der Waals surface area contributed by atoms with Crippen LogP contribution in [0.15, 0.2) is 77.7 Å². The number of carbonyl (C=O) groups excluding carboxylic acids is 2.